The smallest absolute Gasteiger partial charge is 0.408 e. The molecule has 0 aliphatic rings. The van der Waals surface area contributed by atoms with Crippen LogP contribution in [-0.4, -0.2) is 36.1 Å². The summed E-state index contributed by atoms with van der Waals surface area (Å²) < 4.78 is 10.4. The van der Waals surface area contributed by atoms with Crippen molar-refractivity contribution in [2.75, 3.05) is 12.4 Å². The molecule has 0 fully saturated rings. The first-order valence-corrected chi connectivity index (χ1v) is 9.36. The molecule has 0 spiro atoms. The van der Waals surface area contributed by atoms with Gasteiger partial charge in [0.15, 0.2) is 0 Å². The maximum absolute atomic E-state index is 12.2. The minimum atomic E-state index is -0.756. The van der Waals surface area contributed by atoms with Gasteiger partial charge in [0.25, 0.3) is 0 Å². The van der Waals surface area contributed by atoms with Gasteiger partial charge in [0, 0.05) is 11.5 Å². The fourth-order valence-corrected chi connectivity index (χ4v) is 2.83. The molecule has 1 aromatic carbocycles. The summed E-state index contributed by atoms with van der Waals surface area (Å²) in [4.78, 5) is 24.2. The predicted molar refractivity (Wildman–Crippen MR) is 102 cm³/mol. The molecule has 0 saturated carbocycles. The second-order valence-corrected chi connectivity index (χ2v) is 7.47. The highest BCUT2D eigenvalue weighted by molar-refractivity contribution is 7.98. The molecule has 0 heterocycles. The number of esters is 1. The Balaban J connectivity index is 2.58. The number of rotatable bonds is 9. The number of nitrogens with one attached hydrogen (secondary N) is 1. The van der Waals surface area contributed by atoms with Crippen LogP contribution in [-0.2, 0) is 20.0 Å². The minimum Gasteiger partial charge on any atom is -0.464 e. The monoisotopic (exact) mass is 365 g/mol. The maximum Gasteiger partial charge on any atom is 0.408 e. The molecule has 0 bridgehead atoms. The molecule has 0 unspecified atom stereocenters. The van der Waals surface area contributed by atoms with E-state index in [2.05, 4.69) is 11.9 Å². The van der Waals surface area contributed by atoms with Gasteiger partial charge in [0.05, 0.1) is 6.61 Å². The van der Waals surface area contributed by atoms with Crippen LogP contribution < -0.4 is 5.32 Å². The molecule has 6 heteroatoms. The van der Waals surface area contributed by atoms with E-state index in [4.69, 9.17) is 9.47 Å². The lowest BCUT2D eigenvalue weighted by Gasteiger charge is -2.22. The lowest BCUT2D eigenvalue weighted by Crippen LogP contribution is -2.45. The molecule has 0 radical (unpaired) electrons. The number of carbonyl (C=O) groups is 2. The van der Waals surface area contributed by atoms with Crippen LogP contribution in [0.15, 0.2) is 43.0 Å². The first-order valence-electron chi connectivity index (χ1n) is 8.20. The SMILES string of the molecule is C=CCCOC(=O)[C@H](CSCc1ccccc1)NC(=O)OC(C)(C)C. The van der Waals surface area contributed by atoms with Gasteiger partial charge in [-0.1, -0.05) is 36.4 Å². The highest BCUT2D eigenvalue weighted by Gasteiger charge is 2.25. The summed E-state index contributed by atoms with van der Waals surface area (Å²) in [5, 5.41) is 2.60. The van der Waals surface area contributed by atoms with E-state index in [1.165, 1.54) is 0 Å². The summed E-state index contributed by atoms with van der Waals surface area (Å²) in [5.41, 5.74) is 0.530. The van der Waals surface area contributed by atoms with Crippen LogP contribution >= 0.6 is 11.8 Å². The van der Waals surface area contributed by atoms with Gasteiger partial charge in [-0.15, -0.1) is 6.58 Å². The van der Waals surface area contributed by atoms with Crippen molar-refractivity contribution in [3.8, 4) is 0 Å². The number of alkyl carbamates (subject to hydrolysis) is 1. The van der Waals surface area contributed by atoms with Crippen LogP contribution in [0.4, 0.5) is 4.79 Å². The third kappa shape index (κ3) is 9.82. The van der Waals surface area contributed by atoms with Crippen LogP contribution in [0.2, 0.25) is 0 Å². The van der Waals surface area contributed by atoms with Crippen molar-refractivity contribution in [2.24, 2.45) is 0 Å². The highest BCUT2D eigenvalue weighted by atomic mass is 32.2. The van der Waals surface area contributed by atoms with Crippen molar-refractivity contribution >= 4 is 23.8 Å². The number of thioether (sulfide) groups is 1. The van der Waals surface area contributed by atoms with E-state index in [0.29, 0.717) is 12.2 Å². The molecule has 25 heavy (non-hydrogen) atoms. The van der Waals surface area contributed by atoms with Gasteiger partial charge < -0.3 is 14.8 Å². The van der Waals surface area contributed by atoms with Gasteiger partial charge in [-0.3, -0.25) is 0 Å². The van der Waals surface area contributed by atoms with E-state index in [1.54, 1.807) is 38.6 Å². The van der Waals surface area contributed by atoms with E-state index < -0.39 is 23.7 Å². The number of hydrogen-bond donors (Lipinski definition) is 1. The Labute approximate surface area is 154 Å². The fourth-order valence-electron chi connectivity index (χ4n) is 1.83. The van der Waals surface area contributed by atoms with E-state index in [0.717, 1.165) is 11.3 Å². The Bertz CT molecular complexity index is 554. The van der Waals surface area contributed by atoms with Crippen molar-refractivity contribution < 1.29 is 19.1 Å². The van der Waals surface area contributed by atoms with Gasteiger partial charge in [0.1, 0.15) is 11.6 Å². The molecule has 138 valence electrons. The number of amides is 1. The predicted octanol–water partition coefficient (Wildman–Crippen LogP) is 3.93. The quantitative estimate of drug-likeness (QED) is 0.408. The number of hydrogen-bond acceptors (Lipinski definition) is 5. The fraction of sp³-hybridized carbons (Fsp3) is 0.474. The average Bonchev–Trinajstić information content (AvgIpc) is 2.53. The molecule has 0 aliphatic heterocycles. The average molecular weight is 365 g/mol. The Morgan fingerprint density at radius 2 is 1.96 bits per heavy atom. The van der Waals surface area contributed by atoms with Crippen LogP contribution in [0.3, 0.4) is 0 Å². The summed E-state index contributed by atoms with van der Waals surface area (Å²) >= 11 is 1.55. The molecule has 0 aromatic heterocycles. The normalized spacial score (nSPS) is 12.1. The first kappa shape index (κ1) is 21.1. The molecule has 1 amide bonds. The molecule has 1 rings (SSSR count). The van der Waals surface area contributed by atoms with E-state index in [-0.39, 0.29) is 6.61 Å². The summed E-state index contributed by atoms with van der Waals surface area (Å²) in [6, 6.07) is 9.18. The van der Waals surface area contributed by atoms with Crippen molar-refractivity contribution in [1.29, 1.82) is 0 Å². The zero-order chi connectivity index (χ0) is 18.7. The van der Waals surface area contributed by atoms with Crippen molar-refractivity contribution in [2.45, 2.75) is 44.6 Å². The molecule has 1 atom stereocenters. The minimum absolute atomic E-state index is 0.248. The van der Waals surface area contributed by atoms with Gasteiger partial charge >= 0.3 is 12.1 Å². The summed E-state index contributed by atoms with van der Waals surface area (Å²) in [6.07, 6.45) is 1.62. The van der Waals surface area contributed by atoms with E-state index in [1.807, 2.05) is 30.3 Å². The van der Waals surface area contributed by atoms with E-state index in [9.17, 15) is 9.59 Å². The Morgan fingerprint density at radius 3 is 2.56 bits per heavy atom. The number of ether oxygens (including phenoxy) is 2. The molecule has 0 saturated heterocycles. The first-order chi connectivity index (χ1) is 11.8. The summed E-state index contributed by atoms with van der Waals surface area (Å²) in [6.45, 7) is 9.15. The van der Waals surface area contributed by atoms with Crippen LogP contribution in [0, 0.1) is 0 Å². The summed E-state index contributed by atoms with van der Waals surface area (Å²) in [7, 11) is 0. The summed E-state index contributed by atoms with van der Waals surface area (Å²) in [5.74, 6) is 0.683. The topological polar surface area (TPSA) is 64.6 Å². The molecule has 1 N–H and O–H groups in total. The van der Waals surface area contributed by atoms with Gasteiger partial charge in [-0.25, -0.2) is 9.59 Å². The van der Waals surface area contributed by atoms with Gasteiger partial charge in [-0.05, 0) is 32.8 Å². The Kier molecular flexibility index (Phi) is 9.13. The Morgan fingerprint density at radius 1 is 1.28 bits per heavy atom. The van der Waals surface area contributed by atoms with E-state index >= 15 is 0 Å². The van der Waals surface area contributed by atoms with Crippen LogP contribution in [0.5, 0.6) is 0 Å². The number of carbonyl (C=O) groups excluding carboxylic acids is 2. The maximum atomic E-state index is 12.2. The van der Waals surface area contributed by atoms with Crippen molar-refractivity contribution in [3.05, 3.63) is 48.6 Å². The van der Waals surface area contributed by atoms with Gasteiger partial charge in [-0.2, -0.15) is 11.8 Å². The largest absolute Gasteiger partial charge is 0.464 e. The van der Waals surface area contributed by atoms with Crippen molar-refractivity contribution in [1.82, 2.24) is 5.32 Å². The molecule has 1 aromatic rings. The van der Waals surface area contributed by atoms with Crippen LogP contribution in [0.1, 0.15) is 32.8 Å². The third-order valence-electron chi connectivity index (χ3n) is 2.94. The zero-order valence-electron chi connectivity index (χ0n) is 15.1. The second-order valence-electron chi connectivity index (χ2n) is 6.44. The third-order valence-corrected chi connectivity index (χ3v) is 4.04. The van der Waals surface area contributed by atoms with Crippen molar-refractivity contribution in [3.63, 3.8) is 0 Å². The number of benzene rings is 1. The molecular formula is C19H27NO4S. The standard InChI is InChI=1S/C19H27NO4S/c1-5-6-12-23-17(21)16(20-18(22)24-19(2,3)4)14-25-13-15-10-8-7-9-11-15/h5,7-11,16H,1,6,12-14H2,2-4H3,(H,20,22)/t16-/m0/s1. The highest BCUT2D eigenvalue weighted by Crippen LogP contribution is 2.14. The van der Waals surface area contributed by atoms with Gasteiger partial charge in [0.2, 0.25) is 0 Å². The lowest BCUT2D eigenvalue weighted by molar-refractivity contribution is -0.145. The zero-order valence-corrected chi connectivity index (χ0v) is 15.9. The lowest BCUT2D eigenvalue weighted by atomic mass is 10.2. The Hall–Kier alpha value is -1.95. The molecule has 0 aliphatic carbocycles. The van der Waals surface area contributed by atoms with Crippen LogP contribution in [0.25, 0.3) is 0 Å². The molecular weight excluding hydrogens is 338 g/mol. The molecule has 5 nitrogen and oxygen atoms in total. The second kappa shape index (κ2) is 10.8.